The van der Waals surface area contributed by atoms with Crippen LogP contribution in [-0.4, -0.2) is 46.8 Å². The number of thioether (sulfide) groups is 1. The number of amides is 1. The molecule has 0 spiro atoms. The first-order valence-electron chi connectivity index (χ1n) is 10.9. The number of aliphatic imine (C=N–C) groups is 1. The van der Waals surface area contributed by atoms with Crippen LogP contribution in [0.25, 0.3) is 6.08 Å². The van der Waals surface area contributed by atoms with Gasteiger partial charge in [0.25, 0.3) is 5.91 Å². The third kappa shape index (κ3) is 5.31. The van der Waals surface area contributed by atoms with Crippen molar-refractivity contribution in [1.29, 1.82) is 5.41 Å². The second-order valence-corrected chi connectivity index (χ2v) is 8.96. The number of fused-ring (bicyclic) bond motifs is 1. The molecule has 2 aromatic carbocycles. The highest BCUT2D eigenvalue weighted by Gasteiger charge is 2.34. The van der Waals surface area contributed by atoms with Crippen molar-refractivity contribution in [2.75, 3.05) is 19.8 Å². The van der Waals surface area contributed by atoms with Crippen LogP contribution in [0.15, 0.2) is 52.1 Å². The highest BCUT2D eigenvalue weighted by Crippen LogP contribution is 2.31. The Bertz CT molecular complexity index is 1220. The van der Waals surface area contributed by atoms with Crippen molar-refractivity contribution in [3.8, 4) is 17.2 Å². The van der Waals surface area contributed by atoms with Gasteiger partial charge in [-0.3, -0.25) is 10.2 Å². The predicted octanol–water partition coefficient (Wildman–Crippen LogP) is 4.80. The number of hydrogen-bond donors (Lipinski definition) is 1. The number of ether oxygens (including phenoxy) is 3. The van der Waals surface area contributed by atoms with Gasteiger partial charge in [0.15, 0.2) is 17.3 Å². The molecule has 0 bridgehead atoms. The molecule has 1 N–H and O–H groups in total. The van der Waals surface area contributed by atoms with Gasteiger partial charge in [-0.05, 0) is 86.5 Å². The maximum absolute atomic E-state index is 12.5. The lowest BCUT2D eigenvalue weighted by Gasteiger charge is -2.20. The first kappa shape index (κ1) is 23.6. The molecule has 2 aliphatic rings. The summed E-state index contributed by atoms with van der Waals surface area (Å²) >= 11 is 1.28. The maximum atomic E-state index is 12.5. The molecule has 176 valence electrons. The summed E-state index contributed by atoms with van der Waals surface area (Å²) in [7, 11) is 0. The molecule has 0 unspecified atom stereocenters. The third-order valence-corrected chi connectivity index (χ3v) is 5.76. The van der Waals surface area contributed by atoms with Crippen molar-refractivity contribution in [3.63, 3.8) is 0 Å². The van der Waals surface area contributed by atoms with Crippen molar-refractivity contribution in [2.24, 2.45) is 10.1 Å². The number of aryl methyl sites for hydroxylation is 2. The Balaban J connectivity index is 1.46. The molecule has 2 heterocycles. The second kappa shape index (κ2) is 10.1. The van der Waals surface area contributed by atoms with E-state index in [1.807, 2.05) is 45.9 Å². The van der Waals surface area contributed by atoms with E-state index in [1.54, 1.807) is 18.2 Å². The summed E-state index contributed by atoms with van der Waals surface area (Å²) in [4.78, 5) is 16.6. The van der Waals surface area contributed by atoms with Gasteiger partial charge in [-0.1, -0.05) is 12.1 Å². The molecule has 0 aromatic heterocycles. The van der Waals surface area contributed by atoms with Crippen molar-refractivity contribution in [3.05, 3.63) is 58.7 Å². The molecule has 4 rings (SSSR count). The zero-order valence-corrected chi connectivity index (χ0v) is 20.4. The van der Waals surface area contributed by atoms with Gasteiger partial charge in [-0.2, -0.15) is 15.1 Å². The van der Waals surface area contributed by atoms with E-state index >= 15 is 0 Å². The summed E-state index contributed by atoms with van der Waals surface area (Å²) < 4.78 is 17.5. The molecule has 0 fully saturated rings. The minimum atomic E-state index is -0.463. The number of nitrogens with one attached hydrogen (secondary N) is 1. The van der Waals surface area contributed by atoms with E-state index in [0.717, 1.165) is 21.9 Å². The second-order valence-electron chi connectivity index (χ2n) is 7.80. The Morgan fingerprint density at radius 1 is 1.00 bits per heavy atom. The van der Waals surface area contributed by atoms with Gasteiger partial charge in [0, 0.05) is 0 Å². The van der Waals surface area contributed by atoms with Crippen molar-refractivity contribution >= 4 is 39.8 Å². The van der Waals surface area contributed by atoms with Crippen molar-refractivity contribution in [2.45, 2.75) is 27.7 Å². The lowest BCUT2D eigenvalue weighted by molar-refractivity contribution is -0.114. The molecular weight excluding hydrogens is 452 g/mol. The normalized spacial score (nSPS) is 16.4. The van der Waals surface area contributed by atoms with Crippen molar-refractivity contribution < 1.29 is 19.0 Å². The number of carbonyl (C=O) groups excluding carboxylic acids is 1. The molecule has 0 saturated heterocycles. The topological polar surface area (TPSA) is 96.6 Å². The first-order chi connectivity index (χ1) is 16.3. The van der Waals surface area contributed by atoms with Gasteiger partial charge in [-0.15, -0.1) is 0 Å². The fourth-order valence-corrected chi connectivity index (χ4v) is 4.32. The smallest absolute Gasteiger partial charge is 0.283 e. The molecule has 9 heteroatoms. The van der Waals surface area contributed by atoms with Crippen LogP contribution in [0.3, 0.4) is 0 Å². The van der Waals surface area contributed by atoms with Gasteiger partial charge in [0.05, 0.1) is 17.2 Å². The van der Waals surface area contributed by atoms with E-state index in [2.05, 4.69) is 16.2 Å². The van der Waals surface area contributed by atoms with Gasteiger partial charge < -0.3 is 14.2 Å². The van der Waals surface area contributed by atoms with Crippen LogP contribution in [0.5, 0.6) is 17.2 Å². The highest BCUT2D eigenvalue weighted by atomic mass is 32.2. The molecule has 0 aliphatic carbocycles. The van der Waals surface area contributed by atoms with Crippen molar-refractivity contribution in [1.82, 2.24) is 5.01 Å². The van der Waals surface area contributed by atoms with Crippen LogP contribution < -0.4 is 14.2 Å². The number of benzene rings is 2. The van der Waals surface area contributed by atoms with Gasteiger partial charge in [0.2, 0.25) is 5.17 Å². The summed E-state index contributed by atoms with van der Waals surface area (Å²) in [5.41, 5.74) is 3.16. The summed E-state index contributed by atoms with van der Waals surface area (Å²) in [5.74, 6) is 1.48. The van der Waals surface area contributed by atoms with Crippen LogP contribution in [0.1, 0.15) is 30.5 Å². The number of rotatable bonds is 8. The summed E-state index contributed by atoms with van der Waals surface area (Å²) in [6.07, 6.45) is 1.62. The van der Waals surface area contributed by atoms with Gasteiger partial charge in [-0.25, -0.2) is 0 Å². The zero-order valence-electron chi connectivity index (χ0n) is 19.5. The van der Waals surface area contributed by atoms with E-state index < -0.39 is 5.91 Å². The van der Waals surface area contributed by atoms with Gasteiger partial charge >= 0.3 is 0 Å². The summed E-state index contributed by atoms with van der Waals surface area (Å²) in [6, 6.07) is 11.5. The number of carbonyl (C=O) groups is 1. The Kier molecular flexibility index (Phi) is 7.02. The van der Waals surface area contributed by atoms with Crippen LogP contribution >= 0.6 is 11.8 Å². The fraction of sp³-hybridized carbons (Fsp3) is 0.280. The Labute approximate surface area is 202 Å². The quantitative estimate of drug-likeness (QED) is 0.432. The maximum Gasteiger partial charge on any atom is 0.283 e. The average Bonchev–Trinajstić information content (AvgIpc) is 3.15. The molecule has 34 heavy (non-hydrogen) atoms. The standard InChI is InChI=1S/C25H26N4O4S/c1-5-31-22-14-18(13-20-23(26)29-25(27-24(20)30)34-17(4)28-29)6-7-21(22)33-9-8-32-19-11-15(2)10-16(3)12-19/h6-7,10-14,26H,5,8-9H2,1-4H3/b20-13+,26-23?. The largest absolute Gasteiger partial charge is 0.490 e. The summed E-state index contributed by atoms with van der Waals surface area (Å²) in [6.45, 7) is 8.96. The molecule has 2 aliphatic heterocycles. The predicted molar refractivity (Wildman–Crippen MR) is 135 cm³/mol. The molecule has 2 aromatic rings. The van der Waals surface area contributed by atoms with Gasteiger partial charge in [0.1, 0.15) is 19.0 Å². The molecule has 0 saturated carbocycles. The minimum absolute atomic E-state index is 0.00108. The SMILES string of the molecule is CCOc1cc(/C=C2\C(=N)N3N=C(C)SC3=NC2=O)ccc1OCCOc1cc(C)cc(C)c1. The van der Waals surface area contributed by atoms with E-state index in [1.165, 1.54) is 16.8 Å². The molecule has 1 amide bonds. The monoisotopic (exact) mass is 478 g/mol. The van der Waals surface area contributed by atoms with E-state index in [9.17, 15) is 4.79 Å². The lowest BCUT2D eigenvalue weighted by Crippen LogP contribution is -2.35. The number of nitrogens with zero attached hydrogens (tertiary/aromatic N) is 3. The fourth-order valence-electron chi connectivity index (χ4n) is 3.58. The zero-order chi connectivity index (χ0) is 24.2. The number of hydrazone groups is 1. The number of amidine groups is 2. The van der Waals surface area contributed by atoms with E-state index in [-0.39, 0.29) is 11.4 Å². The number of hydrogen-bond acceptors (Lipinski definition) is 7. The summed E-state index contributed by atoms with van der Waals surface area (Å²) in [5, 5.41) is 15.2. The molecule has 0 radical (unpaired) electrons. The van der Waals surface area contributed by atoms with Crippen LogP contribution in [0.4, 0.5) is 0 Å². The lowest BCUT2D eigenvalue weighted by atomic mass is 10.1. The van der Waals surface area contributed by atoms with E-state index in [0.29, 0.717) is 42.1 Å². The first-order valence-corrected chi connectivity index (χ1v) is 11.7. The van der Waals surface area contributed by atoms with E-state index in [4.69, 9.17) is 19.6 Å². The molecule has 0 atom stereocenters. The van der Waals surface area contributed by atoms with Crippen LogP contribution in [-0.2, 0) is 4.79 Å². The molecule has 8 nitrogen and oxygen atoms in total. The Hall–Kier alpha value is -3.59. The Morgan fingerprint density at radius 2 is 1.74 bits per heavy atom. The van der Waals surface area contributed by atoms with Crippen LogP contribution in [0.2, 0.25) is 0 Å². The Morgan fingerprint density at radius 3 is 2.47 bits per heavy atom. The minimum Gasteiger partial charge on any atom is -0.490 e. The highest BCUT2D eigenvalue weighted by molar-refractivity contribution is 8.26. The average molecular weight is 479 g/mol. The molecular formula is C25H26N4O4S. The van der Waals surface area contributed by atoms with Crippen LogP contribution in [0, 0.1) is 19.3 Å². The third-order valence-electron chi connectivity index (χ3n) is 4.94.